The molecular formula is C70H90N4O22P2S2. The Morgan fingerprint density at radius 3 is 1.25 bits per heavy atom. The van der Waals surface area contributed by atoms with Gasteiger partial charge in [-0.15, -0.1) is 0 Å². The summed E-state index contributed by atoms with van der Waals surface area (Å²) >= 11 is 0. The first-order valence-corrected chi connectivity index (χ1v) is 39.5. The predicted octanol–water partition coefficient (Wildman–Crippen LogP) is 9.06. The van der Waals surface area contributed by atoms with E-state index in [0.29, 0.717) is 26.1 Å². The molecule has 0 aromatic heterocycles. The molecule has 26 nitrogen and oxygen atoms in total. The Hall–Kier alpha value is -6.66. The van der Waals surface area contributed by atoms with Gasteiger partial charge in [0.1, 0.15) is 23.7 Å². The largest absolute Gasteiger partial charge is 0.481 e. The maximum atomic E-state index is 14.3. The number of aliphatic hydroxyl groups excluding tert-OH is 2. The standard InChI is InChI=1S/C42H51N2O11PS.C28H39N2O11PS/c1-31(2)25-44(26-39(45)38(23-32-13-6-3-7-14-32)43-42(46)55-40-29-51-41-37(40)21-22-50-41)57(48,49)36-20-12-19-35(24-36)52-30-56(47,53-27-33-15-8-4-9-16-33)54-28-34-17-10-5-11-18-34;1-19(2)15-30(43(36,37)22-10-6-9-21(14-22)40-18-42(33,34)35)16-25(31)24(13-20-7-4-3-5-8-20)29-28(32)41-26-17-39-27-23(26)11-12-38-27/h3-20,24,31,37-41,45H,21-23,25-30H2,1-2H3,(H,43,46);3-10,14,19,23-27,31H,11-13,15-18H2,1-2H3,(H,29,32)(H2,33,34,35)/t37-,38-,39+,40-,41+;23-,24-,25+,26-,27+/m00/s1. The topological polar surface area (TPSA) is 340 Å². The van der Waals surface area contributed by atoms with Crippen LogP contribution < -0.4 is 20.1 Å². The van der Waals surface area contributed by atoms with Crippen LogP contribution in [0, 0.1) is 23.7 Å². The van der Waals surface area contributed by atoms with Gasteiger partial charge in [-0.05, 0) is 84.0 Å². The molecule has 2 amide bonds. The zero-order valence-corrected chi connectivity index (χ0v) is 59.6. The lowest BCUT2D eigenvalue weighted by atomic mass is 10.0. The van der Waals surface area contributed by atoms with Crippen LogP contribution in [0.1, 0.15) is 62.8 Å². The zero-order valence-electron chi connectivity index (χ0n) is 56.2. The molecule has 10 atom stereocenters. The summed E-state index contributed by atoms with van der Waals surface area (Å²) in [5, 5.41) is 28.7. The average Bonchev–Trinajstić information content (AvgIpc) is 1.31. The van der Waals surface area contributed by atoms with Gasteiger partial charge in [-0.3, -0.25) is 9.13 Å². The fraction of sp³-hybridized carbons (Fsp3) is 0.457. The van der Waals surface area contributed by atoms with E-state index in [1.54, 1.807) is 6.07 Å². The van der Waals surface area contributed by atoms with Crippen molar-refractivity contribution in [2.45, 2.75) is 125 Å². The average molecular weight is 1470 g/mol. The molecule has 0 bridgehead atoms. The summed E-state index contributed by atoms with van der Waals surface area (Å²) in [6.07, 6.45) is -5.53. The molecule has 100 heavy (non-hydrogen) atoms. The fourth-order valence-electron chi connectivity index (χ4n) is 11.7. The van der Waals surface area contributed by atoms with Gasteiger partial charge in [-0.1, -0.05) is 161 Å². The van der Waals surface area contributed by atoms with Gasteiger partial charge in [0, 0.05) is 38.3 Å². The van der Waals surface area contributed by atoms with Gasteiger partial charge in [0.25, 0.3) is 0 Å². The Morgan fingerprint density at radius 2 is 0.880 bits per heavy atom. The van der Waals surface area contributed by atoms with Crippen molar-refractivity contribution in [3.8, 4) is 11.5 Å². The van der Waals surface area contributed by atoms with Crippen LogP contribution in [-0.4, -0.2) is 172 Å². The molecule has 544 valence electrons. The van der Waals surface area contributed by atoms with E-state index in [2.05, 4.69) is 10.6 Å². The summed E-state index contributed by atoms with van der Waals surface area (Å²) < 4.78 is 140. The van der Waals surface area contributed by atoms with Crippen LogP contribution in [0.2, 0.25) is 0 Å². The first-order chi connectivity index (χ1) is 47.8. The highest BCUT2D eigenvalue weighted by molar-refractivity contribution is 7.89. The summed E-state index contributed by atoms with van der Waals surface area (Å²) in [5.74, 6) is -0.288. The van der Waals surface area contributed by atoms with Crippen LogP contribution in [0.3, 0.4) is 0 Å². The Balaban J connectivity index is 0.000000243. The third kappa shape index (κ3) is 23.2. The number of rotatable bonds is 34. The van der Waals surface area contributed by atoms with E-state index in [9.17, 15) is 45.8 Å². The van der Waals surface area contributed by atoms with Crippen LogP contribution >= 0.6 is 15.2 Å². The summed E-state index contributed by atoms with van der Waals surface area (Å²) in [4.78, 5) is 44.2. The molecule has 6 N–H and O–H groups in total. The van der Waals surface area contributed by atoms with Crippen LogP contribution in [-0.2, 0) is 92.7 Å². The van der Waals surface area contributed by atoms with Crippen molar-refractivity contribution >= 4 is 47.4 Å². The molecule has 6 aromatic carbocycles. The van der Waals surface area contributed by atoms with Crippen LogP contribution in [0.15, 0.2) is 180 Å². The van der Waals surface area contributed by atoms with Crippen LogP contribution in [0.5, 0.6) is 11.5 Å². The molecule has 4 fully saturated rings. The molecule has 4 saturated heterocycles. The molecule has 6 aromatic rings. The van der Waals surface area contributed by atoms with Crippen molar-refractivity contribution in [1.29, 1.82) is 0 Å². The van der Waals surface area contributed by atoms with E-state index < -0.39 is 109 Å². The highest BCUT2D eigenvalue weighted by Gasteiger charge is 2.46. The first kappa shape index (κ1) is 77.5. The van der Waals surface area contributed by atoms with E-state index in [-0.39, 0.29) is 110 Å². The lowest BCUT2D eigenvalue weighted by Crippen LogP contribution is -2.51. The van der Waals surface area contributed by atoms with Crippen LogP contribution in [0.4, 0.5) is 9.59 Å². The lowest BCUT2D eigenvalue weighted by Gasteiger charge is -2.31. The lowest BCUT2D eigenvalue weighted by molar-refractivity contribution is -0.0909. The number of nitrogens with zero attached hydrogens (tertiary/aromatic N) is 2. The van der Waals surface area contributed by atoms with Gasteiger partial charge < -0.3 is 77.6 Å². The number of hydrogen-bond acceptors (Lipinski definition) is 20. The number of aliphatic hydroxyl groups is 2. The molecule has 4 heterocycles. The normalized spacial score (nSPS) is 20.4. The molecule has 10 rings (SSSR count). The maximum absolute atomic E-state index is 14.3. The maximum Gasteiger partial charge on any atom is 0.407 e. The monoisotopic (exact) mass is 1460 g/mol. The second-order valence-electron chi connectivity index (χ2n) is 25.7. The second kappa shape index (κ2) is 36.5. The van der Waals surface area contributed by atoms with E-state index in [1.807, 2.05) is 149 Å². The van der Waals surface area contributed by atoms with E-state index >= 15 is 0 Å². The number of benzene rings is 6. The number of sulfonamides is 2. The molecule has 0 aliphatic carbocycles. The zero-order chi connectivity index (χ0) is 71.5. The smallest absolute Gasteiger partial charge is 0.407 e. The highest BCUT2D eigenvalue weighted by atomic mass is 32.2. The van der Waals surface area contributed by atoms with Gasteiger partial charge in [-0.2, -0.15) is 8.61 Å². The Morgan fingerprint density at radius 1 is 0.510 bits per heavy atom. The second-order valence-corrected chi connectivity index (χ2v) is 33.1. The molecule has 0 unspecified atom stereocenters. The number of ether oxygens (including phenoxy) is 8. The minimum atomic E-state index is -4.48. The number of carbonyl (C=O) groups is 2. The third-order valence-electron chi connectivity index (χ3n) is 16.8. The minimum absolute atomic E-state index is 0.0139. The fourth-order valence-corrected chi connectivity index (χ4v) is 16.6. The van der Waals surface area contributed by atoms with Crippen molar-refractivity contribution in [1.82, 2.24) is 19.2 Å². The highest BCUT2D eigenvalue weighted by Crippen LogP contribution is 2.50. The number of carbonyl (C=O) groups excluding carboxylic acids is 2. The van der Waals surface area contributed by atoms with Crippen molar-refractivity contribution in [3.63, 3.8) is 0 Å². The molecular weight excluding hydrogens is 1370 g/mol. The van der Waals surface area contributed by atoms with E-state index in [0.717, 1.165) is 26.6 Å². The SMILES string of the molecule is CC(C)CN(C[C@@H](O)[C@H](Cc1ccccc1)NC(=O)O[C@H]1CO[C@H]2OCC[C@H]21)S(=O)(=O)c1cccc(OCP(=O)(O)O)c1.CC(C)CN(C[C@@H](O)[C@H](Cc1ccccc1)NC(=O)O[C@H]1CO[C@H]2OCC[C@H]21)S(=O)(=O)c1cccc(OCP(=O)(OCc2ccccc2)OCc2ccccc2)c1. The van der Waals surface area contributed by atoms with Gasteiger partial charge in [0.15, 0.2) is 25.3 Å². The molecule has 0 radical (unpaired) electrons. The number of fused-ring (bicyclic) bond motifs is 2. The Bertz CT molecular complexity index is 3840. The van der Waals surface area contributed by atoms with Crippen molar-refractivity contribution in [2.75, 3.05) is 65.3 Å². The molecule has 4 aliphatic heterocycles. The van der Waals surface area contributed by atoms with Gasteiger partial charge in [0.05, 0.1) is 85.6 Å². The predicted molar refractivity (Wildman–Crippen MR) is 367 cm³/mol. The van der Waals surface area contributed by atoms with Gasteiger partial charge in [-0.25, -0.2) is 26.4 Å². The summed E-state index contributed by atoms with van der Waals surface area (Å²) in [6, 6.07) is 46.3. The first-order valence-electron chi connectivity index (χ1n) is 33.1. The molecule has 0 spiro atoms. The molecule has 0 saturated carbocycles. The Kier molecular flexibility index (Phi) is 28.3. The number of hydrogen-bond donors (Lipinski definition) is 6. The summed E-state index contributed by atoms with van der Waals surface area (Å²) in [7, 11) is -16.8. The summed E-state index contributed by atoms with van der Waals surface area (Å²) in [5.41, 5.74) is 3.23. The quantitative estimate of drug-likeness (QED) is 0.0205. The van der Waals surface area contributed by atoms with Crippen molar-refractivity contribution in [2.24, 2.45) is 23.7 Å². The van der Waals surface area contributed by atoms with Gasteiger partial charge >= 0.3 is 27.4 Å². The number of nitrogens with one attached hydrogen (secondary N) is 2. The number of amides is 2. The van der Waals surface area contributed by atoms with E-state index in [1.165, 1.54) is 46.8 Å². The molecule has 30 heteroatoms. The van der Waals surface area contributed by atoms with Crippen molar-refractivity contribution < 1.29 is 102 Å². The van der Waals surface area contributed by atoms with Gasteiger partial charge in [0.2, 0.25) is 20.0 Å². The van der Waals surface area contributed by atoms with Crippen LogP contribution in [0.25, 0.3) is 0 Å². The summed E-state index contributed by atoms with van der Waals surface area (Å²) in [6.45, 7) is 8.33. The van der Waals surface area contributed by atoms with Crippen molar-refractivity contribution in [3.05, 3.63) is 192 Å². The third-order valence-corrected chi connectivity index (χ3v) is 22.4. The Labute approximate surface area is 584 Å². The van der Waals surface area contributed by atoms with E-state index in [4.69, 9.17) is 56.7 Å². The molecule has 4 aliphatic rings. The number of alkyl carbamates (subject to hydrolysis) is 2. The minimum Gasteiger partial charge on any atom is -0.481 e.